The summed E-state index contributed by atoms with van der Waals surface area (Å²) in [5.74, 6) is 0.0299. The summed E-state index contributed by atoms with van der Waals surface area (Å²) in [6.45, 7) is 3.06. The van der Waals surface area contributed by atoms with E-state index in [-0.39, 0.29) is 23.2 Å². The van der Waals surface area contributed by atoms with Gasteiger partial charge in [-0.1, -0.05) is 41.6 Å². The molecule has 0 fully saturated rings. The molecule has 0 bridgehead atoms. The Labute approximate surface area is 184 Å². The molecule has 162 valence electrons. The third kappa shape index (κ3) is 3.57. The SMILES string of the molecule is Cc1ccccc1CC(=O)N1CCc2c(c(-c3nc(-c4ccccc4F)no3)nn2C)C1. The third-order valence-corrected chi connectivity index (χ3v) is 5.94. The van der Waals surface area contributed by atoms with Crippen LogP contribution in [0.5, 0.6) is 0 Å². The minimum absolute atomic E-state index is 0.0670. The zero-order valence-corrected chi connectivity index (χ0v) is 17.9. The molecular weight excluding hydrogens is 409 g/mol. The van der Waals surface area contributed by atoms with Gasteiger partial charge in [0.25, 0.3) is 5.89 Å². The number of carbonyl (C=O) groups excluding carboxylic acids is 1. The van der Waals surface area contributed by atoms with Crippen molar-refractivity contribution in [1.82, 2.24) is 24.8 Å². The highest BCUT2D eigenvalue weighted by Crippen LogP contribution is 2.31. The monoisotopic (exact) mass is 431 g/mol. The summed E-state index contributed by atoms with van der Waals surface area (Å²) < 4.78 is 21.4. The van der Waals surface area contributed by atoms with Crippen molar-refractivity contribution >= 4 is 5.91 Å². The van der Waals surface area contributed by atoms with Crippen molar-refractivity contribution in [1.29, 1.82) is 0 Å². The fourth-order valence-corrected chi connectivity index (χ4v) is 4.13. The molecule has 5 rings (SSSR count). The maximum Gasteiger partial charge on any atom is 0.279 e. The van der Waals surface area contributed by atoms with Gasteiger partial charge in [-0.05, 0) is 30.2 Å². The van der Waals surface area contributed by atoms with E-state index in [9.17, 15) is 9.18 Å². The van der Waals surface area contributed by atoms with Crippen molar-refractivity contribution < 1.29 is 13.7 Å². The van der Waals surface area contributed by atoms with Crippen LogP contribution < -0.4 is 0 Å². The summed E-state index contributed by atoms with van der Waals surface area (Å²) >= 11 is 0. The van der Waals surface area contributed by atoms with Crippen LogP contribution in [0, 0.1) is 12.7 Å². The van der Waals surface area contributed by atoms with Gasteiger partial charge in [0, 0.05) is 37.8 Å². The van der Waals surface area contributed by atoms with Crippen LogP contribution >= 0.6 is 0 Å². The van der Waals surface area contributed by atoms with Crippen molar-refractivity contribution in [2.75, 3.05) is 6.54 Å². The van der Waals surface area contributed by atoms with E-state index >= 15 is 0 Å². The first kappa shape index (κ1) is 20.1. The number of aryl methyl sites for hydroxylation is 2. The molecule has 3 heterocycles. The summed E-state index contributed by atoms with van der Waals surface area (Å²) in [7, 11) is 1.86. The number of nitrogens with zero attached hydrogens (tertiary/aromatic N) is 5. The van der Waals surface area contributed by atoms with Crippen molar-refractivity contribution in [3.8, 4) is 23.0 Å². The molecule has 7 nitrogen and oxygen atoms in total. The minimum atomic E-state index is -0.420. The van der Waals surface area contributed by atoms with Crippen LogP contribution in [0.1, 0.15) is 22.4 Å². The first-order chi connectivity index (χ1) is 15.5. The van der Waals surface area contributed by atoms with Crippen LogP contribution in [0.25, 0.3) is 23.0 Å². The normalized spacial score (nSPS) is 13.3. The predicted molar refractivity (Wildman–Crippen MR) is 116 cm³/mol. The number of benzene rings is 2. The number of carbonyl (C=O) groups is 1. The number of aromatic nitrogens is 4. The standard InChI is InChI=1S/C24H22FN5O2/c1-15-7-3-4-8-16(15)13-21(31)30-12-11-20-18(14-30)22(27-29(20)2)24-26-23(28-32-24)17-9-5-6-10-19(17)25/h3-10H,11-14H2,1-2H3. The molecule has 0 N–H and O–H groups in total. The van der Waals surface area contributed by atoms with Crippen LogP contribution in [0.2, 0.25) is 0 Å². The van der Waals surface area contributed by atoms with Gasteiger partial charge in [-0.15, -0.1) is 0 Å². The van der Waals surface area contributed by atoms with E-state index in [4.69, 9.17) is 4.52 Å². The third-order valence-electron chi connectivity index (χ3n) is 5.94. The lowest BCUT2D eigenvalue weighted by atomic mass is 10.0. The molecule has 0 unspecified atom stereocenters. The molecule has 4 aromatic rings. The van der Waals surface area contributed by atoms with E-state index < -0.39 is 5.82 Å². The van der Waals surface area contributed by atoms with Crippen molar-refractivity contribution in [2.24, 2.45) is 7.05 Å². The molecule has 0 saturated heterocycles. The zero-order chi connectivity index (χ0) is 22.2. The Balaban J connectivity index is 1.42. The Morgan fingerprint density at radius 1 is 1.16 bits per heavy atom. The molecule has 1 aliphatic heterocycles. The van der Waals surface area contributed by atoms with Crippen LogP contribution in [0.3, 0.4) is 0 Å². The van der Waals surface area contributed by atoms with Gasteiger partial charge in [-0.25, -0.2) is 4.39 Å². The number of rotatable bonds is 4. The maximum absolute atomic E-state index is 14.1. The molecule has 2 aromatic carbocycles. The summed E-state index contributed by atoms with van der Waals surface area (Å²) in [4.78, 5) is 19.2. The van der Waals surface area contributed by atoms with Crippen LogP contribution in [0.4, 0.5) is 4.39 Å². The topological polar surface area (TPSA) is 77.1 Å². The molecular formula is C24H22FN5O2. The van der Waals surface area contributed by atoms with Gasteiger partial charge in [-0.2, -0.15) is 10.1 Å². The second kappa shape index (κ2) is 8.03. The average molecular weight is 431 g/mol. The van der Waals surface area contributed by atoms with Gasteiger partial charge < -0.3 is 9.42 Å². The van der Waals surface area contributed by atoms with E-state index in [0.717, 1.165) is 22.4 Å². The molecule has 1 aliphatic rings. The van der Waals surface area contributed by atoms with Crippen molar-refractivity contribution in [3.05, 3.63) is 76.7 Å². The molecule has 0 atom stereocenters. The molecule has 32 heavy (non-hydrogen) atoms. The molecule has 0 spiro atoms. The predicted octanol–water partition coefficient (Wildman–Crippen LogP) is 3.71. The highest BCUT2D eigenvalue weighted by Gasteiger charge is 2.29. The zero-order valence-electron chi connectivity index (χ0n) is 17.9. The summed E-state index contributed by atoms with van der Waals surface area (Å²) in [6.07, 6.45) is 1.04. The Morgan fingerprint density at radius 2 is 1.94 bits per heavy atom. The van der Waals surface area contributed by atoms with E-state index in [1.165, 1.54) is 6.07 Å². The maximum atomic E-state index is 14.1. The lowest BCUT2D eigenvalue weighted by Crippen LogP contribution is -2.37. The fraction of sp³-hybridized carbons (Fsp3) is 0.250. The number of amides is 1. The number of hydrogen-bond donors (Lipinski definition) is 0. The molecule has 0 radical (unpaired) electrons. The molecule has 0 aliphatic carbocycles. The Kier molecular flexibility index (Phi) is 5.05. The van der Waals surface area contributed by atoms with Crippen LogP contribution in [-0.4, -0.2) is 37.3 Å². The van der Waals surface area contributed by atoms with E-state index in [1.807, 2.05) is 43.1 Å². The summed E-state index contributed by atoms with van der Waals surface area (Å²) in [5, 5.41) is 8.52. The Bertz CT molecular complexity index is 1310. The molecule has 0 saturated carbocycles. The highest BCUT2D eigenvalue weighted by atomic mass is 19.1. The summed E-state index contributed by atoms with van der Waals surface area (Å²) in [6, 6.07) is 14.2. The van der Waals surface area contributed by atoms with Crippen molar-refractivity contribution in [3.63, 3.8) is 0 Å². The molecule has 1 amide bonds. The van der Waals surface area contributed by atoms with Crippen LogP contribution in [-0.2, 0) is 31.2 Å². The van der Waals surface area contributed by atoms with Gasteiger partial charge in [0.2, 0.25) is 11.7 Å². The number of hydrogen-bond acceptors (Lipinski definition) is 5. The Morgan fingerprint density at radius 3 is 2.75 bits per heavy atom. The van der Waals surface area contributed by atoms with Gasteiger partial charge in [-0.3, -0.25) is 9.48 Å². The van der Waals surface area contributed by atoms with E-state index in [1.54, 1.807) is 22.9 Å². The van der Waals surface area contributed by atoms with Gasteiger partial charge >= 0.3 is 0 Å². The highest BCUT2D eigenvalue weighted by molar-refractivity contribution is 5.79. The second-order valence-electron chi connectivity index (χ2n) is 7.97. The van der Waals surface area contributed by atoms with E-state index in [0.29, 0.717) is 31.6 Å². The minimum Gasteiger partial charge on any atom is -0.338 e. The van der Waals surface area contributed by atoms with Crippen LogP contribution in [0.15, 0.2) is 53.1 Å². The van der Waals surface area contributed by atoms with Gasteiger partial charge in [0.05, 0.1) is 12.0 Å². The largest absolute Gasteiger partial charge is 0.338 e. The number of halogens is 1. The second-order valence-corrected chi connectivity index (χ2v) is 7.97. The lowest BCUT2D eigenvalue weighted by molar-refractivity contribution is -0.131. The Hall–Kier alpha value is -3.81. The number of fused-ring (bicyclic) bond motifs is 1. The first-order valence-electron chi connectivity index (χ1n) is 10.5. The van der Waals surface area contributed by atoms with Gasteiger partial charge in [0.1, 0.15) is 5.82 Å². The average Bonchev–Trinajstić information content (AvgIpc) is 3.40. The molecule has 2 aromatic heterocycles. The van der Waals surface area contributed by atoms with E-state index in [2.05, 4.69) is 15.2 Å². The van der Waals surface area contributed by atoms with Crippen molar-refractivity contribution in [2.45, 2.75) is 26.3 Å². The smallest absolute Gasteiger partial charge is 0.279 e. The fourth-order valence-electron chi connectivity index (χ4n) is 4.13. The quantitative estimate of drug-likeness (QED) is 0.492. The summed E-state index contributed by atoms with van der Waals surface area (Å²) in [5.41, 5.74) is 4.85. The van der Waals surface area contributed by atoms with Gasteiger partial charge in [0.15, 0.2) is 5.69 Å². The molecule has 8 heteroatoms. The lowest BCUT2D eigenvalue weighted by Gasteiger charge is -2.27. The first-order valence-corrected chi connectivity index (χ1v) is 10.5.